The molecule has 2 rings (SSSR count). The topological polar surface area (TPSA) is 68.0 Å². The Morgan fingerprint density at radius 2 is 2.00 bits per heavy atom. The van der Waals surface area contributed by atoms with Crippen LogP contribution in [0, 0.1) is 0 Å². The molecule has 0 bridgehead atoms. The van der Waals surface area contributed by atoms with Crippen molar-refractivity contribution in [2.75, 3.05) is 0 Å². The van der Waals surface area contributed by atoms with Gasteiger partial charge in [0.05, 0.1) is 11.9 Å². The highest BCUT2D eigenvalue weighted by Gasteiger charge is 2.08. The van der Waals surface area contributed by atoms with Crippen LogP contribution in [0.5, 0.6) is 0 Å². The van der Waals surface area contributed by atoms with Crippen molar-refractivity contribution in [3.05, 3.63) is 41.2 Å². The van der Waals surface area contributed by atoms with Crippen LogP contribution in [0.2, 0.25) is 5.02 Å². The Hall–Kier alpha value is -1.88. The maximum absolute atomic E-state index is 10.6. The Morgan fingerprint density at radius 1 is 1.33 bits per heavy atom. The van der Waals surface area contributed by atoms with Crippen LogP contribution in [0.15, 0.2) is 30.5 Å². The molecule has 0 unspecified atom stereocenters. The monoisotopic (exact) mass is 223 g/mol. The van der Waals surface area contributed by atoms with Crippen LogP contribution < -0.4 is 0 Å². The van der Waals surface area contributed by atoms with Crippen LogP contribution in [0.25, 0.3) is 5.69 Å². The lowest BCUT2D eigenvalue weighted by atomic mass is 10.3. The van der Waals surface area contributed by atoms with Crippen molar-refractivity contribution in [1.29, 1.82) is 0 Å². The zero-order valence-electron chi connectivity index (χ0n) is 7.46. The summed E-state index contributed by atoms with van der Waals surface area (Å²) in [6.07, 6.45) is 1.19. The molecular weight excluding hydrogens is 218 g/mol. The minimum absolute atomic E-state index is 0.0926. The maximum atomic E-state index is 10.6. The first kappa shape index (κ1) is 9.67. The van der Waals surface area contributed by atoms with Crippen molar-refractivity contribution < 1.29 is 9.90 Å². The fraction of sp³-hybridized carbons (Fsp3) is 0. The van der Waals surface area contributed by atoms with Crippen molar-refractivity contribution >= 4 is 17.6 Å². The average molecular weight is 224 g/mol. The van der Waals surface area contributed by atoms with E-state index in [4.69, 9.17) is 16.7 Å². The van der Waals surface area contributed by atoms with Crippen LogP contribution in [0.3, 0.4) is 0 Å². The zero-order chi connectivity index (χ0) is 10.8. The van der Waals surface area contributed by atoms with E-state index < -0.39 is 5.97 Å². The molecule has 6 heteroatoms. The number of aromatic nitrogens is 3. The van der Waals surface area contributed by atoms with Gasteiger partial charge in [-0.3, -0.25) is 0 Å². The highest BCUT2D eigenvalue weighted by Crippen LogP contribution is 2.11. The van der Waals surface area contributed by atoms with Gasteiger partial charge >= 0.3 is 5.97 Å². The molecule has 76 valence electrons. The number of aromatic carboxylic acids is 1. The van der Waals surface area contributed by atoms with E-state index in [1.807, 2.05) is 0 Å². The fourth-order valence-electron chi connectivity index (χ4n) is 1.06. The molecule has 1 aromatic carbocycles. The molecule has 0 spiro atoms. The second kappa shape index (κ2) is 3.70. The largest absolute Gasteiger partial charge is 0.476 e. The van der Waals surface area contributed by atoms with E-state index in [9.17, 15) is 4.79 Å². The Bertz CT molecular complexity index is 492. The van der Waals surface area contributed by atoms with Crippen molar-refractivity contribution in [3.8, 4) is 5.69 Å². The average Bonchev–Trinajstić information content (AvgIpc) is 2.68. The molecular formula is C9H6ClN3O2. The Labute approximate surface area is 89.9 Å². The standard InChI is InChI=1S/C9H6ClN3O2/c10-6-1-3-7(4-2-6)13-11-5-8(12-13)9(14)15/h1-5H,(H,14,15). The summed E-state index contributed by atoms with van der Waals surface area (Å²) in [5, 5.41) is 16.8. The quantitative estimate of drug-likeness (QED) is 0.840. The molecule has 0 aliphatic heterocycles. The van der Waals surface area contributed by atoms with Crippen molar-refractivity contribution in [1.82, 2.24) is 15.0 Å². The first-order valence-electron chi connectivity index (χ1n) is 4.08. The molecule has 1 aromatic heterocycles. The van der Waals surface area contributed by atoms with E-state index >= 15 is 0 Å². The van der Waals surface area contributed by atoms with Gasteiger partial charge in [-0.1, -0.05) is 11.6 Å². The van der Waals surface area contributed by atoms with E-state index in [0.717, 1.165) is 0 Å². The van der Waals surface area contributed by atoms with Gasteiger partial charge in [0.15, 0.2) is 5.69 Å². The predicted octanol–water partition coefficient (Wildman–Crippen LogP) is 1.62. The van der Waals surface area contributed by atoms with Crippen LogP contribution >= 0.6 is 11.6 Å². The van der Waals surface area contributed by atoms with Crippen LogP contribution in [0.4, 0.5) is 0 Å². The predicted molar refractivity (Wildman–Crippen MR) is 53.3 cm³/mol. The number of rotatable bonds is 2. The molecule has 2 aromatic rings. The van der Waals surface area contributed by atoms with Gasteiger partial charge in [0, 0.05) is 5.02 Å². The number of carboxylic acids is 1. The molecule has 0 aliphatic rings. The Balaban J connectivity index is 2.37. The van der Waals surface area contributed by atoms with Gasteiger partial charge < -0.3 is 5.11 Å². The summed E-state index contributed by atoms with van der Waals surface area (Å²) >= 11 is 5.71. The van der Waals surface area contributed by atoms with Gasteiger partial charge in [0.25, 0.3) is 0 Å². The lowest BCUT2D eigenvalue weighted by Crippen LogP contribution is -2.01. The zero-order valence-corrected chi connectivity index (χ0v) is 8.22. The second-order valence-corrected chi connectivity index (χ2v) is 3.24. The molecule has 5 nitrogen and oxygen atoms in total. The smallest absolute Gasteiger partial charge is 0.358 e. The molecule has 0 amide bonds. The van der Waals surface area contributed by atoms with E-state index in [2.05, 4.69) is 10.2 Å². The molecule has 0 atom stereocenters. The van der Waals surface area contributed by atoms with Crippen LogP contribution in [-0.4, -0.2) is 26.1 Å². The van der Waals surface area contributed by atoms with Gasteiger partial charge in [-0.2, -0.15) is 9.90 Å². The van der Waals surface area contributed by atoms with E-state index in [1.54, 1.807) is 24.3 Å². The van der Waals surface area contributed by atoms with Gasteiger partial charge in [-0.05, 0) is 24.3 Å². The molecule has 15 heavy (non-hydrogen) atoms. The van der Waals surface area contributed by atoms with E-state index in [0.29, 0.717) is 10.7 Å². The summed E-state index contributed by atoms with van der Waals surface area (Å²) in [6, 6.07) is 6.77. The highest BCUT2D eigenvalue weighted by atomic mass is 35.5. The third kappa shape index (κ3) is 1.97. The van der Waals surface area contributed by atoms with Crippen molar-refractivity contribution in [3.63, 3.8) is 0 Å². The minimum Gasteiger partial charge on any atom is -0.476 e. The minimum atomic E-state index is -1.10. The Kier molecular flexibility index (Phi) is 2.39. The fourth-order valence-corrected chi connectivity index (χ4v) is 1.19. The second-order valence-electron chi connectivity index (χ2n) is 2.80. The first-order chi connectivity index (χ1) is 7.16. The van der Waals surface area contributed by atoms with E-state index in [1.165, 1.54) is 11.0 Å². The number of hydrogen-bond donors (Lipinski definition) is 1. The van der Waals surface area contributed by atoms with Gasteiger partial charge in [-0.15, -0.1) is 5.10 Å². The first-order valence-corrected chi connectivity index (χ1v) is 4.46. The van der Waals surface area contributed by atoms with Crippen LogP contribution in [0.1, 0.15) is 10.5 Å². The lowest BCUT2D eigenvalue weighted by Gasteiger charge is -1.97. The maximum Gasteiger partial charge on any atom is 0.358 e. The third-order valence-electron chi connectivity index (χ3n) is 1.77. The number of nitrogens with zero attached hydrogens (tertiary/aromatic N) is 3. The molecule has 0 radical (unpaired) electrons. The number of hydrogen-bond acceptors (Lipinski definition) is 3. The number of benzene rings is 1. The summed E-state index contributed by atoms with van der Waals surface area (Å²) in [7, 11) is 0. The van der Waals surface area contributed by atoms with Crippen LogP contribution in [-0.2, 0) is 0 Å². The highest BCUT2D eigenvalue weighted by molar-refractivity contribution is 6.30. The summed E-state index contributed by atoms with van der Waals surface area (Å²) in [4.78, 5) is 11.8. The molecule has 1 heterocycles. The van der Waals surface area contributed by atoms with E-state index in [-0.39, 0.29) is 5.69 Å². The molecule has 1 N–H and O–H groups in total. The van der Waals surface area contributed by atoms with Crippen molar-refractivity contribution in [2.45, 2.75) is 0 Å². The summed E-state index contributed by atoms with van der Waals surface area (Å²) in [5.74, 6) is -1.10. The Morgan fingerprint density at radius 3 is 2.53 bits per heavy atom. The SMILES string of the molecule is O=C(O)c1cnn(-c2ccc(Cl)cc2)n1. The molecule has 0 saturated heterocycles. The normalized spacial score (nSPS) is 10.2. The molecule has 0 fully saturated rings. The van der Waals surface area contributed by atoms with Crippen molar-refractivity contribution in [2.24, 2.45) is 0 Å². The molecule has 0 aliphatic carbocycles. The summed E-state index contributed by atoms with van der Waals surface area (Å²) < 4.78 is 0. The number of carboxylic acid groups (broad SMARTS) is 1. The summed E-state index contributed by atoms with van der Waals surface area (Å²) in [5.41, 5.74) is 0.567. The summed E-state index contributed by atoms with van der Waals surface area (Å²) in [6.45, 7) is 0. The number of carbonyl (C=O) groups is 1. The third-order valence-corrected chi connectivity index (χ3v) is 2.02. The lowest BCUT2D eigenvalue weighted by molar-refractivity contribution is 0.0690. The van der Waals surface area contributed by atoms with Gasteiger partial charge in [0.1, 0.15) is 0 Å². The molecule has 0 saturated carbocycles. The number of halogens is 1. The van der Waals surface area contributed by atoms with Gasteiger partial charge in [0.2, 0.25) is 0 Å². The van der Waals surface area contributed by atoms with Gasteiger partial charge in [-0.25, -0.2) is 4.79 Å².